The van der Waals surface area contributed by atoms with Crippen LogP contribution in [0.3, 0.4) is 0 Å². The number of rotatable bonds is 28. The molecular formula is C38H68ClN3O4. The smallest absolute Gasteiger partial charge is 0.305 e. The lowest BCUT2D eigenvalue weighted by Gasteiger charge is -2.39. The Hall–Kier alpha value is -1.86. The van der Waals surface area contributed by atoms with E-state index < -0.39 is 0 Å². The third-order valence-electron chi connectivity index (χ3n) is 9.26. The number of carbonyl (C=O) groups is 2. The van der Waals surface area contributed by atoms with Crippen molar-refractivity contribution in [3.8, 4) is 0 Å². The summed E-state index contributed by atoms with van der Waals surface area (Å²) in [5, 5.41) is 0. The van der Waals surface area contributed by atoms with Gasteiger partial charge in [0.2, 0.25) is 0 Å². The van der Waals surface area contributed by atoms with Crippen LogP contribution in [0.4, 0.5) is 5.69 Å². The van der Waals surface area contributed by atoms with Gasteiger partial charge >= 0.3 is 11.9 Å². The molecule has 7 nitrogen and oxygen atoms in total. The first-order valence-corrected chi connectivity index (χ1v) is 18.8. The molecule has 46 heavy (non-hydrogen) atoms. The Morgan fingerprint density at radius 1 is 0.674 bits per heavy atom. The summed E-state index contributed by atoms with van der Waals surface area (Å²) in [6.07, 6.45) is 29.1. The first-order valence-electron chi connectivity index (χ1n) is 18.8. The monoisotopic (exact) mass is 665 g/mol. The first kappa shape index (κ1) is 42.2. The van der Waals surface area contributed by atoms with Gasteiger partial charge in [0, 0.05) is 63.1 Å². The van der Waals surface area contributed by atoms with E-state index in [-0.39, 0.29) is 24.3 Å². The van der Waals surface area contributed by atoms with Gasteiger partial charge in [-0.3, -0.25) is 19.5 Å². The van der Waals surface area contributed by atoms with Gasteiger partial charge in [-0.25, -0.2) is 0 Å². The zero-order valence-corrected chi connectivity index (χ0v) is 30.4. The summed E-state index contributed by atoms with van der Waals surface area (Å²) in [4.78, 5) is 33.8. The molecule has 0 atom stereocenters. The summed E-state index contributed by atoms with van der Waals surface area (Å²) in [5.74, 6) is -0.171. The summed E-state index contributed by atoms with van der Waals surface area (Å²) in [5.41, 5.74) is 1.21. The molecule has 0 bridgehead atoms. The number of unbranched alkanes of at least 4 members (excludes halogenated alkanes) is 16. The van der Waals surface area contributed by atoms with Crippen molar-refractivity contribution in [3.63, 3.8) is 0 Å². The molecule has 0 spiro atoms. The van der Waals surface area contributed by atoms with Crippen LogP contribution >= 0.6 is 12.4 Å². The van der Waals surface area contributed by atoms with Crippen LogP contribution < -0.4 is 4.90 Å². The standard InChI is InChI=1S/C38H67N3O4.ClH/c1-3-5-7-9-11-13-15-17-19-21-37(42)44-33-31-41(36-25-29-40(30-26-36)35-23-27-39-28-24-35)32-34-45-38(43)22-20-18-16-14-12-10-8-6-4-2;/h23-24,27-28,36H,3-22,25-26,29-34H2,1-2H3;1H. The Kier molecular flexibility index (Phi) is 26.8. The molecular weight excluding hydrogens is 598 g/mol. The highest BCUT2D eigenvalue weighted by atomic mass is 35.5. The first-order chi connectivity index (χ1) is 22.1. The SMILES string of the molecule is CCCCCCCCCCCC(=O)OCCN(CCOC(=O)CCCCCCCCCCC)C1CCN(c2ccncc2)CC1.Cl. The Morgan fingerprint density at radius 2 is 1.07 bits per heavy atom. The van der Waals surface area contributed by atoms with Crippen LogP contribution in [0.5, 0.6) is 0 Å². The van der Waals surface area contributed by atoms with Crippen molar-refractivity contribution < 1.29 is 19.1 Å². The molecule has 0 amide bonds. The second-order valence-electron chi connectivity index (χ2n) is 13.1. The van der Waals surface area contributed by atoms with Crippen LogP contribution in [0, 0.1) is 0 Å². The van der Waals surface area contributed by atoms with Crippen molar-refractivity contribution in [1.82, 2.24) is 9.88 Å². The summed E-state index contributed by atoms with van der Waals surface area (Å²) in [6.45, 7) is 8.60. The second-order valence-corrected chi connectivity index (χ2v) is 13.1. The summed E-state index contributed by atoms with van der Waals surface area (Å²) in [6, 6.07) is 4.52. The molecule has 0 aliphatic carbocycles. The fourth-order valence-electron chi connectivity index (χ4n) is 6.38. The van der Waals surface area contributed by atoms with E-state index in [1.165, 1.54) is 95.6 Å². The Bertz CT molecular complexity index is 812. The minimum Gasteiger partial charge on any atom is -0.464 e. The van der Waals surface area contributed by atoms with E-state index in [4.69, 9.17) is 9.47 Å². The van der Waals surface area contributed by atoms with Gasteiger partial charge in [0.1, 0.15) is 13.2 Å². The van der Waals surface area contributed by atoms with E-state index in [1.54, 1.807) is 0 Å². The highest BCUT2D eigenvalue weighted by Crippen LogP contribution is 2.22. The number of esters is 2. The number of aromatic nitrogens is 1. The fourth-order valence-corrected chi connectivity index (χ4v) is 6.38. The van der Waals surface area contributed by atoms with Crippen LogP contribution in [0.2, 0.25) is 0 Å². The largest absolute Gasteiger partial charge is 0.464 e. The van der Waals surface area contributed by atoms with Gasteiger partial charge in [-0.15, -0.1) is 12.4 Å². The summed E-state index contributed by atoms with van der Waals surface area (Å²) >= 11 is 0. The maximum absolute atomic E-state index is 12.4. The lowest BCUT2D eigenvalue weighted by Crippen LogP contribution is -2.47. The molecule has 1 saturated heterocycles. The normalized spacial score (nSPS) is 13.5. The molecule has 266 valence electrons. The third kappa shape index (κ3) is 21.1. The number of piperidine rings is 1. The molecule has 0 unspecified atom stereocenters. The van der Waals surface area contributed by atoms with E-state index >= 15 is 0 Å². The third-order valence-corrected chi connectivity index (χ3v) is 9.26. The van der Waals surface area contributed by atoms with Gasteiger partial charge in [-0.05, 0) is 37.8 Å². The van der Waals surface area contributed by atoms with E-state index in [0.29, 0.717) is 45.2 Å². The second kappa shape index (κ2) is 29.3. The molecule has 0 radical (unpaired) electrons. The molecule has 1 aliphatic rings. The van der Waals surface area contributed by atoms with Gasteiger partial charge < -0.3 is 14.4 Å². The van der Waals surface area contributed by atoms with Crippen molar-refractivity contribution in [3.05, 3.63) is 24.5 Å². The Labute approximate surface area is 288 Å². The lowest BCUT2D eigenvalue weighted by molar-refractivity contribution is -0.145. The van der Waals surface area contributed by atoms with Crippen LogP contribution in [-0.4, -0.2) is 67.3 Å². The zero-order chi connectivity index (χ0) is 32.2. The van der Waals surface area contributed by atoms with Crippen molar-refractivity contribution in [2.75, 3.05) is 44.3 Å². The van der Waals surface area contributed by atoms with Gasteiger partial charge in [0.15, 0.2) is 0 Å². The molecule has 0 aromatic carbocycles. The molecule has 2 heterocycles. The topological polar surface area (TPSA) is 72.0 Å². The molecule has 1 aromatic rings. The molecule has 1 aromatic heterocycles. The Balaban J connectivity index is 0.0000106. The number of pyridine rings is 1. The van der Waals surface area contributed by atoms with Gasteiger partial charge in [0.05, 0.1) is 0 Å². The maximum Gasteiger partial charge on any atom is 0.305 e. The number of carbonyl (C=O) groups excluding carboxylic acids is 2. The number of hydrogen-bond donors (Lipinski definition) is 0. The molecule has 0 saturated carbocycles. The average molecular weight is 666 g/mol. The Morgan fingerprint density at radius 3 is 1.48 bits per heavy atom. The van der Waals surface area contributed by atoms with Crippen LogP contribution in [0.1, 0.15) is 155 Å². The predicted molar refractivity (Wildman–Crippen MR) is 194 cm³/mol. The van der Waals surface area contributed by atoms with Crippen LogP contribution in [0.15, 0.2) is 24.5 Å². The highest BCUT2D eigenvalue weighted by molar-refractivity contribution is 5.85. The lowest BCUT2D eigenvalue weighted by atomic mass is 10.0. The van der Waals surface area contributed by atoms with Crippen molar-refractivity contribution in [2.24, 2.45) is 0 Å². The number of nitrogens with zero attached hydrogens (tertiary/aromatic N) is 3. The number of anilines is 1. The quantitative estimate of drug-likeness (QED) is 0.0652. The molecule has 8 heteroatoms. The fraction of sp³-hybridized carbons (Fsp3) is 0.816. The minimum absolute atomic E-state index is 0. The molecule has 1 fully saturated rings. The average Bonchev–Trinajstić information content (AvgIpc) is 3.06. The summed E-state index contributed by atoms with van der Waals surface area (Å²) in [7, 11) is 0. The predicted octanol–water partition coefficient (Wildman–Crippen LogP) is 9.70. The van der Waals surface area contributed by atoms with Crippen molar-refractivity contribution in [1.29, 1.82) is 0 Å². The summed E-state index contributed by atoms with van der Waals surface area (Å²) < 4.78 is 11.3. The molecule has 1 aliphatic heterocycles. The van der Waals surface area contributed by atoms with Crippen LogP contribution in [-0.2, 0) is 19.1 Å². The molecule has 2 rings (SSSR count). The maximum atomic E-state index is 12.4. The van der Waals surface area contributed by atoms with Gasteiger partial charge in [-0.1, -0.05) is 117 Å². The van der Waals surface area contributed by atoms with Gasteiger partial charge in [-0.2, -0.15) is 0 Å². The van der Waals surface area contributed by atoms with Crippen molar-refractivity contribution >= 4 is 30.0 Å². The van der Waals surface area contributed by atoms with Gasteiger partial charge in [0.25, 0.3) is 0 Å². The number of hydrogen-bond acceptors (Lipinski definition) is 7. The minimum atomic E-state index is -0.0854. The van der Waals surface area contributed by atoms with Crippen molar-refractivity contribution in [2.45, 2.75) is 161 Å². The molecule has 0 N–H and O–H groups in total. The number of ether oxygens (including phenoxy) is 2. The number of halogens is 1. The van der Waals surface area contributed by atoms with E-state index in [2.05, 4.69) is 40.8 Å². The zero-order valence-electron chi connectivity index (χ0n) is 29.6. The van der Waals surface area contributed by atoms with E-state index in [0.717, 1.165) is 51.6 Å². The van der Waals surface area contributed by atoms with E-state index in [1.807, 2.05) is 12.4 Å². The van der Waals surface area contributed by atoms with E-state index in [9.17, 15) is 9.59 Å². The highest BCUT2D eigenvalue weighted by Gasteiger charge is 2.25. The van der Waals surface area contributed by atoms with Crippen LogP contribution in [0.25, 0.3) is 0 Å².